The van der Waals surface area contributed by atoms with E-state index >= 15 is 0 Å². The van der Waals surface area contributed by atoms with Gasteiger partial charge in [-0.1, -0.05) is 4.13 Å². The van der Waals surface area contributed by atoms with Gasteiger partial charge in [0.2, 0.25) is 0 Å². The second-order valence-electron chi connectivity index (χ2n) is 2.88. The van der Waals surface area contributed by atoms with Crippen molar-refractivity contribution in [1.82, 2.24) is 22.0 Å². The number of imidazole rings is 2. The van der Waals surface area contributed by atoms with Crippen LogP contribution in [0.15, 0.2) is 37.4 Å². The van der Waals surface area contributed by atoms with Gasteiger partial charge in [-0.2, -0.15) is 16.8 Å². The van der Waals surface area contributed by atoms with E-state index in [0.717, 1.165) is 25.0 Å². The second-order valence-corrected chi connectivity index (χ2v) is 6.29. The number of aromatic nitrogens is 4. The van der Waals surface area contributed by atoms with E-state index in [4.69, 9.17) is 0 Å². The highest BCUT2D eigenvalue weighted by Crippen LogP contribution is 1.99. The molecule has 0 aromatic carbocycles. The van der Waals surface area contributed by atoms with Crippen LogP contribution in [0.2, 0.25) is 0 Å². The number of nitrogens with one attached hydrogen (secondary N) is 1. The smallest absolute Gasteiger partial charge is 0.244 e. The molecule has 11 heteroatoms. The maximum Gasteiger partial charge on any atom is 0.320 e. The summed E-state index contributed by atoms with van der Waals surface area (Å²) in [5, 5.41) is 0. The van der Waals surface area contributed by atoms with Crippen molar-refractivity contribution in [2.24, 2.45) is 0 Å². The van der Waals surface area contributed by atoms with Crippen molar-refractivity contribution < 1.29 is 16.8 Å². The van der Waals surface area contributed by atoms with E-state index in [1.54, 1.807) is 0 Å². The zero-order chi connectivity index (χ0) is 12.5. The molecular weight excluding hydrogens is 270 g/mol. The number of hydrogen-bond acceptors (Lipinski definition) is 6. The van der Waals surface area contributed by atoms with Crippen molar-refractivity contribution in [3.8, 4) is 0 Å². The molecule has 0 aliphatic heterocycles. The van der Waals surface area contributed by atoms with Crippen LogP contribution in [0.25, 0.3) is 0 Å². The topological polar surface area (TPSA) is 116 Å². The number of hydrogen-bond donors (Lipinski definition) is 1. The third-order valence-electron chi connectivity index (χ3n) is 1.73. The lowest BCUT2D eigenvalue weighted by Crippen LogP contribution is -2.37. The average molecular weight is 277 g/mol. The van der Waals surface area contributed by atoms with Crippen LogP contribution in [-0.2, 0) is 20.4 Å². The minimum absolute atomic E-state index is 0.640. The third kappa shape index (κ3) is 2.35. The molecule has 0 aliphatic rings. The lowest BCUT2D eigenvalue weighted by molar-refractivity contribution is 0.566. The second kappa shape index (κ2) is 3.94. The molecular formula is C6H7N5O4S2. The summed E-state index contributed by atoms with van der Waals surface area (Å²) in [5.41, 5.74) is 0. The standard InChI is InChI=1S/C6H7N5O4S2/c12-16(13,10-3-1-7-5-10)9-17(14,15)11-4-2-8-6-11/h1-6,9H. The van der Waals surface area contributed by atoms with Gasteiger partial charge in [0.15, 0.2) is 0 Å². The minimum atomic E-state index is -4.23. The Labute approximate surface area is 97.1 Å². The lowest BCUT2D eigenvalue weighted by Gasteiger charge is -2.07. The van der Waals surface area contributed by atoms with Crippen molar-refractivity contribution >= 4 is 20.4 Å². The van der Waals surface area contributed by atoms with Gasteiger partial charge < -0.3 is 0 Å². The Kier molecular flexibility index (Phi) is 2.73. The maximum atomic E-state index is 11.6. The fraction of sp³-hybridized carbons (Fsp3) is 0. The Bertz CT molecular complexity index is 623. The molecule has 0 saturated carbocycles. The van der Waals surface area contributed by atoms with Crippen molar-refractivity contribution in [1.29, 1.82) is 0 Å². The van der Waals surface area contributed by atoms with Gasteiger partial charge in [0.25, 0.3) is 0 Å². The van der Waals surface area contributed by atoms with Crippen molar-refractivity contribution in [2.75, 3.05) is 0 Å². The van der Waals surface area contributed by atoms with Crippen molar-refractivity contribution in [3.05, 3.63) is 37.4 Å². The van der Waals surface area contributed by atoms with Gasteiger partial charge >= 0.3 is 20.4 Å². The van der Waals surface area contributed by atoms with Gasteiger partial charge in [-0.25, -0.2) is 17.9 Å². The summed E-state index contributed by atoms with van der Waals surface area (Å²) >= 11 is 0. The molecule has 0 fully saturated rings. The van der Waals surface area contributed by atoms with Crippen LogP contribution in [0.5, 0.6) is 0 Å². The van der Waals surface area contributed by atoms with Gasteiger partial charge in [0, 0.05) is 24.8 Å². The Hall–Kier alpha value is -1.72. The monoisotopic (exact) mass is 277 g/mol. The highest BCUT2D eigenvalue weighted by molar-refractivity contribution is 8.03. The Balaban J connectivity index is 2.35. The van der Waals surface area contributed by atoms with Crippen molar-refractivity contribution in [3.63, 3.8) is 0 Å². The Morgan fingerprint density at radius 2 is 1.24 bits per heavy atom. The van der Waals surface area contributed by atoms with E-state index in [-0.39, 0.29) is 0 Å². The van der Waals surface area contributed by atoms with Crippen LogP contribution in [0, 0.1) is 0 Å². The van der Waals surface area contributed by atoms with Crippen LogP contribution in [0.4, 0.5) is 0 Å². The molecule has 0 aliphatic carbocycles. The first kappa shape index (κ1) is 11.8. The predicted octanol–water partition coefficient (Wildman–Crippen LogP) is -1.44. The zero-order valence-corrected chi connectivity index (χ0v) is 9.84. The van der Waals surface area contributed by atoms with Gasteiger partial charge in [-0.05, 0) is 0 Å². The van der Waals surface area contributed by atoms with Crippen LogP contribution >= 0.6 is 0 Å². The van der Waals surface area contributed by atoms with E-state index in [2.05, 4.69) is 9.97 Å². The summed E-state index contributed by atoms with van der Waals surface area (Å²) in [7, 11) is -8.47. The Morgan fingerprint density at radius 3 is 1.53 bits per heavy atom. The molecule has 1 N–H and O–H groups in total. The van der Waals surface area contributed by atoms with Gasteiger partial charge in [-0.3, -0.25) is 0 Å². The van der Waals surface area contributed by atoms with Gasteiger partial charge in [0.1, 0.15) is 12.7 Å². The molecule has 2 aromatic rings. The quantitative estimate of drug-likeness (QED) is 0.731. The average Bonchev–Trinajstić information content (AvgIpc) is 2.91. The van der Waals surface area contributed by atoms with Gasteiger partial charge in [0.05, 0.1) is 0 Å². The molecule has 92 valence electrons. The van der Waals surface area contributed by atoms with Crippen molar-refractivity contribution in [2.45, 2.75) is 0 Å². The lowest BCUT2D eigenvalue weighted by atomic mass is 11.0. The highest BCUT2D eigenvalue weighted by Gasteiger charge is 2.22. The molecule has 0 spiro atoms. The molecule has 0 unspecified atom stereocenters. The van der Waals surface area contributed by atoms with Crippen LogP contribution in [0.1, 0.15) is 0 Å². The summed E-state index contributed by atoms with van der Waals surface area (Å²) in [6.45, 7) is 0. The predicted molar refractivity (Wildman–Crippen MR) is 56.2 cm³/mol. The molecule has 9 nitrogen and oxygen atoms in total. The first-order chi connectivity index (χ1) is 7.92. The molecule has 0 bridgehead atoms. The molecule has 0 atom stereocenters. The highest BCUT2D eigenvalue weighted by atomic mass is 32.3. The van der Waals surface area contributed by atoms with Gasteiger partial charge in [-0.15, -0.1) is 0 Å². The fourth-order valence-electron chi connectivity index (χ4n) is 0.997. The first-order valence-corrected chi connectivity index (χ1v) is 7.05. The fourth-order valence-corrected chi connectivity index (χ4v) is 3.54. The molecule has 0 radical (unpaired) electrons. The summed E-state index contributed by atoms with van der Waals surface area (Å²) in [5.74, 6) is 0. The van der Waals surface area contributed by atoms with E-state index < -0.39 is 20.4 Å². The molecule has 2 aromatic heterocycles. The molecule has 0 saturated heterocycles. The normalized spacial score (nSPS) is 12.7. The number of rotatable bonds is 4. The summed E-state index contributed by atoms with van der Waals surface area (Å²) in [6.07, 6.45) is 6.56. The summed E-state index contributed by atoms with van der Waals surface area (Å²) in [6, 6.07) is 0. The molecule has 2 heterocycles. The maximum absolute atomic E-state index is 11.6. The minimum Gasteiger partial charge on any atom is -0.244 e. The molecule has 2 rings (SSSR count). The molecule has 17 heavy (non-hydrogen) atoms. The zero-order valence-electron chi connectivity index (χ0n) is 8.20. The van der Waals surface area contributed by atoms with E-state index in [1.807, 2.05) is 0 Å². The van der Waals surface area contributed by atoms with Crippen LogP contribution in [0.3, 0.4) is 0 Å². The molecule has 0 amide bonds. The summed E-state index contributed by atoms with van der Waals surface area (Å²) in [4.78, 5) is 7.02. The third-order valence-corrected chi connectivity index (χ3v) is 4.95. The Morgan fingerprint density at radius 1 is 0.824 bits per heavy atom. The van der Waals surface area contributed by atoms with E-state index in [1.165, 1.54) is 16.5 Å². The van der Waals surface area contributed by atoms with Crippen LogP contribution < -0.4 is 4.13 Å². The first-order valence-electron chi connectivity index (χ1n) is 4.17. The van der Waals surface area contributed by atoms with E-state index in [0.29, 0.717) is 7.94 Å². The largest absolute Gasteiger partial charge is 0.320 e. The number of nitrogens with zero attached hydrogens (tertiary/aromatic N) is 4. The van der Waals surface area contributed by atoms with E-state index in [9.17, 15) is 16.8 Å². The van der Waals surface area contributed by atoms with Crippen LogP contribution in [-0.4, -0.2) is 34.7 Å². The SMILES string of the molecule is O=S(=O)(NS(=O)(=O)n1ccnc1)n1ccnc1. The summed E-state index contributed by atoms with van der Waals surface area (Å²) < 4.78 is 49.2.